The van der Waals surface area contributed by atoms with Gasteiger partial charge >= 0.3 is 0 Å². The molecular formula is C26H21N5O. The Hall–Kier alpha value is -4.45. The highest BCUT2D eigenvalue weighted by Gasteiger charge is 2.14. The zero-order valence-corrected chi connectivity index (χ0v) is 17.3. The van der Waals surface area contributed by atoms with Crippen LogP contribution < -0.4 is 11.1 Å². The molecule has 156 valence electrons. The van der Waals surface area contributed by atoms with Crippen LogP contribution in [0.1, 0.15) is 15.9 Å². The molecule has 2 aromatic heterocycles. The van der Waals surface area contributed by atoms with Crippen molar-refractivity contribution in [3.63, 3.8) is 0 Å². The van der Waals surface area contributed by atoms with Crippen LogP contribution in [-0.2, 0) is 6.54 Å². The van der Waals surface area contributed by atoms with Crippen LogP contribution in [0, 0.1) is 0 Å². The van der Waals surface area contributed by atoms with E-state index >= 15 is 0 Å². The molecule has 32 heavy (non-hydrogen) atoms. The zero-order valence-electron chi connectivity index (χ0n) is 17.3. The van der Waals surface area contributed by atoms with Crippen molar-refractivity contribution < 1.29 is 4.79 Å². The molecule has 0 unspecified atom stereocenters. The Kier molecular flexibility index (Phi) is 5.09. The molecule has 0 aliphatic carbocycles. The summed E-state index contributed by atoms with van der Waals surface area (Å²) in [6.45, 7) is 0.434. The minimum Gasteiger partial charge on any atom is -0.368 e. The van der Waals surface area contributed by atoms with Crippen LogP contribution in [-0.4, -0.2) is 20.4 Å². The van der Waals surface area contributed by atoms with Gasteiger partial charge in [0.05, 0.1) is 5.52 Å². The predicted molar refractivity (Wildman–Crippen MR) is 126 cm³/mol. The molecular weight excluding hydrogens is 398 g/mol. The van der Waals surface area contributed by atoms with Gasteiger partial charge in [0.25, 0.3) is 5.91 Å². The topological polar surface area (TPSA) is 85.8 Å². The number of benzene rings is 3. The van der Waals surface area contributed by atoms with Gasteiger partial charge in [0.2, 0.25) is 5.95 Å². The minimum absolute atomic E-state index is 0.126. The standard InChI is InChI=1S/C26H21N5O/c27-26-28-15-13-24(30-26)31-16-14-21-22(11-6-12-23(21)31)25(32)29-17-19-9-4-5-10-20(19)18-7-2-1-3-8-18/h1-16H,17H2,(H,29,32)(H2,27,28,30). The summed E-state index contributed by atoms with van der Waals surface area (Å²) in [5, 5.41) is 3.93. The van der Waals surface area contributed by atoms with Crippen molar-refractivity contribution in [1.29, 1.82) is 0 Å². The van der Waals surface area contributed by atoms with Gasteiger partial charge < -0.3 is 15.6 Å². The number of amides is 1. The quantitative estimate of drug-likeness (QED) is 0.436. The fraction of sp³-hybridized carbons (Fsp3) is 0.0385. The van der Waals surface area contributed by atoms with Crippen LogP contribution in [0.25, 0.3) is 27.8 Å². The van der Waals surface area contributed by atoms with E-state index in [1.165, 1.54) is 0 Å². The molecule has 0 atom stereocenters. The van der Waals surface area contributed by atoms with Gasteiger partial charge in [-0.3, -0.25) is 4.79 Å². The Morgan fingerprint density at radius 1 is 0.906 bits per heavy atom. The summed E-state index contributed by atoms with van der Waals surface area (Å²) in [5.41, 5.74) is 10.5. The van der Waals surface area contributed by atoms with E-state index in [4.69, 9.17) is 5.73 Å². The molecule has 5 aromatic rings. The van der Waals surface area contributed by atoms with Gasteiger partial charge in [0.15, 0.2) is 0 Å². The Morgan fingerprint density at radius 3 is 2.56 bits per heavy atom. The first kappa shape index (κ1) is 19.5. The normalized spacial score (nSPS) is 10.9. The van der Waals surface area contributed by atoms with Gasteiger partial charge in [-0.05, 0) is 41.0 Å². The highest BCUT2D eigenvalue weighted by atomic mass is 16.1. The number of carbonyl (C=O) groups is 1. The van der Waals surface area contributed by atoms with Gasteiger partial charge in [-0.25, -0.2) is 4.98 Å². The molecule has 0 aliphatic heterocycles. The number of fused-ring (bicyclic) bond motifs is 1. The fourth-order valence-corrected chi connectivity index (χ4v) is 3.91. The fourth-order valence-electron chi connectivity index (χ4n) is 3.91. The first-order valence-electron chi connectivity index (χ1n) is 10.3. The van der Waals surface area contributed by atoms with Crippen LogP contribution >= 0.6 is 0 Å². The summed E-state index contributed by atoms with van der Waals surface area (Å²) in [6, 6.07) is 27.6. The Morgan fingerprint density at radius 2 is 1.72 bits per heavy atom. The molecule has 0 saturated carbocycles. The minimum atomic E-state index is -0.126. The molecule has 0 radical (unpaired) electrons. The van der Waals surface area contributed by atoms with Crippen molar-refractivity contribution in [3.8, 4) is 16.9 Å². The Labute approximate surface area is 185 Å². The number of nitrogens with one attached hydrogen (secondary N) is 1. The Balaban J connectivity index is 1.42. The maximum atomic E-state index is 13.1. The van der Waals surface area contributed by atoms with E-state index in [1.54, 1.807) is 12.3 Å². The lowest BCUT2D eigenvalue weighted by Gasteiger charge is -2.12. The van der Waals surface area contributed by atoms with Crippen molar-refractivity contribution >= 4 is 22.8 Å². The van der Waals surface area contributed by atoms with Crippen LogP contribution in [0.3, 0.4) is 0 Å². The summed E-state index contributed by atoms with van der Waals surface area (Å²) in [6.07, 6.45) is 3.50. The number of nitrogen functional groups attached to an aromatic ring is 1. The van der Waals surface area contributed by atoms with Gasteiger partial charge in [0, 0.05) is 29.9 Å². The average Bonchev–Trinajstić information content (AvgIpc) is 3.28. The molecule has 0 saturated heterocycles. The first-order chi connectivity index (χ1) is 15.7. The second kappa shape index (κ2) is 8.35. The van der Waals surface area contributed by atoms with E-state index < -0.39 is 0 Å². The van der Waals surface area contributed by atoms with E-state index in [0.29, 0.717) is 17.9 Å². The number of rotatable bonds is 5. The lowest BCUT2D eigenvalue weighted by atomic mass is 9.99. The molecule has 5 rings (SSSR count). The van der Waals surface area contributed by atoms with Crippen LogP contribution in [0.4, 0.5) is 5.95 Å². The second-order valence-electron chi connectivity index (χ2n) is 7.40. The molecule has 0 aliphatic rings. The maximum Gasteiger partial charge on any atom is 0.252 e. The highest BCUT2D eigenvalue weighted by molar-refractivity contribution is 6.06. The molecule has 6 nitrogen and oxygen atoms in total. The van der Waals surface area contributed by atoms with Crippen molar-refractivity contribution in [1.82, 2.24) is 19.9 Å². The highest BCUT2D eigenvalue weighted by Crippen LogP contribution is 2.25. The molecule has 2 heterocycles. The maximum absolute atomic E-state index is 13.1. The summed E-state index contributed by atoms with van der Waals surface area (Å²) < 4.78 is 1.90. The zero-order chi connectivity index (χ0) is 21.9. The number of carbonyl (C=O) groups excluding carboxylic acids is 1. The van der Waals surface area contributed by atoms with E-state index in [0.717, 1.165) is 27.6 Å². The van der Waals surface area contributed by atoms with Gasteiger partial charge in [-0.15, -0.1) is 0 Å². The molecule has 3 aromatic carbocycles. The van der Waals surface area contributed by atoms with Crippen molar-refractivity contribution in [3.05, 3.63) is 108 Å². The average molecular weight is 419 g/mol. The van der Waals surface area contributed by atoms with Crippen molar-refractivity contribution in [2.24, 2.45) is 0 Å². The lowest BCUT2D eigenvalue weighted by Crippen LogP contribution is -2.23. The summed E-state index contributed by atoms with van der Waals surface area (Å²) in [5.74, 6) is 0.732. The lowest BCUT2D eigenvalue weighted by molar-refractivity contribution is 0.0952. The monoisotopic (exact) mass is 419 g/mol. The van der Waals surface area contributed by atoms with E-state index in [-0.39, 0.29) is 11.9 Å². The third-order valence-electron chi connectivity index (χ3n) is 5.43. The predicted octanol–water partition coefficient (Wildman–Crippen LogP) is 4.60. The molecule has 0 bridgehead atoms. The first-order valence-corrected chi connectivity index (χ1v) is 10.3. The van der Waals surface area contributed by atoms with E-state index in [2.05, 4.69) is 33.5 Å². The third kappa shape index (κ3) is 3.70. The number of nitrogens with zero attached hydrogens (tertiary/aromatic N) is 3. The number of nitrogens with two attached hydrogens (primary N) is 1. The number of anilines is 1. The van der Waals surface area contributed by atoms with Crippen LogP contribution in [0.5, 0.6) is 0 Å². The molecule has 0 fully saturated rings. The number of hydrogen-bond acceptors (Lipinski definition) is 4. The molecule has 1 amide bonds. The largest absolute Gasteiger partial charge is 0.368 e. The summed E-state index contributed by atoms with van der Waals surface area (Å²) in [4.78, 5) is 21.3. The SMILES string of the molecule is Nc1nccc(-n2ccc3c(C(=O)NCc4ccccc4-c4ccccc4)cccc32)n1. The van der Waals surface area contributed by atoms with Gasteiger partial charge in [-0.1, -0.05) is 60.7 Å². The van der Waals surface area contributed by atoms with Gasteiger partial charge in [0.1, 0.15) is 5.82 Å². The molecule has 6 heteroatoms. The Bertz CT molecular complexity index is 1410. The summed E-state index contributed by atoms with van der Waals surface area (Å²) >= 11 is 0. The smallest absolute Gasteiger partial charge is 0.252 e. The van der Waals surface area contributed by atoms with Crippen molar-refractivity contribution in [2.75, 3.05) is 5.73 Å². The third-order valence-corrected chi connectivity index (χ3v) is 5.43. The number of hydrogen-bond donors (Lipinski definition) is 2. The molecule has 0 spiro atoms. The summed E-state index contributed by atoms with van der Waals surface area (Å²) in [7, 11) is 0. The van der Waals surface area contributed by atoms with E-state index in [9.17, 15) is 4.79 Å². The van der Waals surface area contributed by atoms with E-state index in [1.807, 2.05) is 71.4 Å². The van der Waals surface area contributed by atoms with Crippen molar-refractivity contribution in [2.45, 2.75) is 6.54 Å². The van der Waals surface area contributed by atoms with Gasteiger partial charge in [-0.2, -0.15) is 4.98 Å². The van der Waals surface area contributed by atoms with Crippen LogP contribution in [0.2, 0.25) is 0 Å². The molecule has 3 N–H and O–H groups in total. The van der Waals surface area contributed by atoms with Crippen LogP contribution in [0.15, 0.2) is 97.3 Å². The second-order valence-corrected chi connectivity index (χ2v) is 7.40. The number of aromatic nitrogens is 3.